The van der Waals surface area contributed by atoms with Crippen LogP contribution in [0, 0.1) is 0 Å². The Bertz CT molecular complexity index is 458. The van der Waals surface area contributed by atoms with E-state index in [9.17, 15) is 4.79 Å². The van der Waals surface area contributed by atoms with Gasteiger partial charge in [0.15, 0.2) is 5.65 Å². The van der Waals surface area contributed by atoms with Crippen LogP contribution in [0.2, 0.25) is 0 Å². The average Bonchev–Trinajstić information content (AvgIpc) is 2.43. The summed E-state index contributed by atoms with van der Waals surface area (Å²) in [5.74, 6) is 0. The molecule has 6 nitrogen and oxygen atoms in total. The molecule has 2 heterocycles. The molecule has 2 rings (SSSR count). The number of aromatic nitrogens is 4. The molecule has 6 heteroatoms. The van der Waals surface area contributed by atoms with Crippen molar-refractivity contribution in [1.29, 1.82) is 0 Å². The van der Waals surface area contributed by atoms with Gasteiger partial charge in [0.1, 0.15) is 5.52 Å². The SMILES string of the molecule is COc1ncc2[nH]c(=O)[nH]c2n1. The normalized spacial score (nSPS) is 10.4. The van der Waals surface area contributed by atoms with Gasteiger partial charge in [-0.1, -0.05) is 0 Å². The number of rotatable bonds is 1. The summed E-state index contributed by atoms with van der Waals surface area (Å²) in [4.78, 5) is 23.5. The number of nitrogens with zero attached hydrogens (tertiary/aromatic N) is 2. The van der Waals surface area contributed by atoms with E-state index in [-0.39, 0.29) is 11.7 Å². The predicted molar refractivity (Wildman–Crippen MR) is 41.1 cm³/mol. The molecule has 2 aromatic rings. The summed E-state index contributed by atoms with van der Waals surface area (Å²) >= 11 is 0. The highest BCUT2D eigenvalue weighted by Crippen LogP contribution is 2.05. The molecule has 12 heavy (non-hydrogen) atoms. The first kappa shape index (κ1) is 6.84. The summed E-state index contributed by atoms with van der Waals surface area (Å²) in [6.45, 7) is 0. The first-order valence-corrected chi connectivity index (χ1v) is 3.28. The van der Waals surface area contributed by atoms with Crippen LogP contribution < -0.4 is 10.4 Å². The second kappa shape index (κ2) is 2.33. The number of hydrogen-bond donors (Lipinski definition) is 2. The highest BCUT2D eigenvalue weighted by Gasteiger charge is 2.01. The minimum absolute atomic E-state index is 0.234. The summed E-state index contributed by atoms with van der Waals surface area (Å²) in [5.41, 5.74) is 0.722. The fourth-order valence-electron chi connectivity index (χ4n) is 0.912. The third-order valence-corrected chi connectivity index (χ3v) is 1.43. The van der Waals surface area contributed by atoms with Gasteiger partial charge in [-0.3, -0.25) is 4.98 Å². The number of fused-ring (bicyclic) bond motifs is 1. The number of imidazole rings is 1. The molecule has 2 aromatic heterocycles. The molecule has 0 aliphatic carbocycles. The van der Waals surface area contributed by atoms with Crippen LogP contribution in [-0.2, 0) is 0 Å². The molecule has 2 N–H and O–H groups in total. The molecule has 0 fully saturated rings. The second-order valence-corrected chi connectivity index (χ2v) is 2.20. The Hall–Kier alpha value is -1.85. The molecule has 0 saturated carbocycles. The molecule has 0 aliphatic heterocycles. The molecule has 0 aliphatic rings. The maximum Gasteiger partial charge on any atom is 0.325 e. The maximum atomic E-state index is 10.8. The highest BCUT2D eigenvalue weighted by molar-refractivity contribution is 5.68. The first-order valence-electron chi connectivity index (χ1n) is 3.28. The molecular weight excluding hydrogens is 160 g/mol. The zero-order chi connectivity index (χ0) is 8.55. The Morgan fingerprint density at radius 3 is 3.08 bits per heavy atom. The maximum absolute atomic E-state index is 10.8. The van der Waals surface area contributed by atoms with Crippen molar-refractivity contribution in [1.82, 2.24) is 19.9 Å². The van der Waals surface area contributed by atoms with Crippen molar-refractivity contribution in [3.63, 3.8) is 0 Å². The Morgan fingerprint density at radius 1 is 1.50 bits per heavy atom. The zero-order valence-electron chi connectivity index (χ0n) is 6.29. The molecule has 0 spiro atoms. The first-order chi connectivity index (χ1) is 5.79. The van der Waals surface area contributed by atoms with E-state index in [2.05, 4.69) is 19.9 Å². The number of H-pyrrole nitrogens is 2. The van der Waals surface area contributed by atoms with E-state index >= 15 is 0 Å². The van der Waals surface area contributed by atoms with Gasteiger partial charge < -0.3 is 9.72 Å². The van der Waals surface area contributed by atoms with Gasteiger partial charge >= 0.3 is 11.7 Å². The van der Waals surface area contributed by atoms with Crippen LogP contribution in [0.25, 0.3) is 11.2 Å². The lowest BCUT2D eigenvalue weighted by Crippen LogP contribution is -1.99. The summed E-state index contributed by atoms with van der Waals surface area (Å²) < 4.78 is 4.77. The van der Waals surface area contributed by atoms with Gasteiger partial charge in [0.2, 0.25) is 0 Å². The van der Waals surface area contributed by atoms with Crippen LogP contribution in [-0.4, -0.2) is 27.0 Å². The van der Waals surface area contributed by atoms with Crippen molar-refractivity contribution in [3.05, 3.63) is 16.7 Å². The molecule has 0 bridgehead atoms. The van der Waals surface area contributed by atoms with Crippen LogP contribution in [0.3, 0.4) is 0 Å². The molecule has 0 amide bonds. The third-order valence-electron chi connectivity index (χ3n) is 1.43. The molecular formula is C6H6N4O2. The summed E-state index contributed by atoms with van der Waals surface area (Å²) in [7, 11) is 1.46. The van der Waals surface area contributed by atoms with E-state index in [1.807, 2.05) is 0 Å². The topological polar surface area (TPSA) is 83.7 Å². The predicted octanol–water partition coefficient (Wildman–Crippen LogP) is -0.345. The largest absolute Gasteiger partial charge is 0.467 e. The molecule has 0 radical (unpaired) electrons. The Labute approximate surface area is 66.6 Å². The number of nitrogens with one attached hydrogen (secondary N) is 2. The van der Waals surface area contributed by atoms with E-state index in [0.717, 1.165) is 0 Å². The van der Waals surface area contributed by atoms with Gasteiger partial charge in [-0.05, 0) is 0 Å². The lowest BCUT2D eigenvalue weighted by atomic mass is 10.6. The van der Waals surface area contributed by atoms with E-state index in [1.165, 1.54) is 13.3 Å². The van der Waals surface area contributed by atoms with Crippen molar-refractivity contribution in [2.24, 2.45) is 0 Å². The average molecular weight is 166 g/mol. The molecule has 0 unspecified atom stereocenters. The van der Waals surface area contributed by atoms with Crippen LogP contribution in [0.1, 0.15) is 0 Å². The van der Waals surface area contributed by atoms with Gasteiger partial charge in [-0.2, -0.15) is 4.98 Å². The Morgan fingerprint density at radius 2 is 2.33 bits per heavy atom. The van der Waals surface area contributed by atoms with Crippen molar-refractivity contribution in [2.45, 2.75) is 0 Å². The van der Waals surface area contributed by atoms with Crippen LogP contribution in [0.4, 0.5) is 0 Å². The monoisotopic (exact) mass is 166 g/mol. The van der Waals surface area contributed by atoms with E-state index in [4.69, 9.17) is 4.74 Å². The van der Waals surface area contributed by atoms with E-state index in [1.54, 1.807) is 0 Å². The standard InChI is InChI=1S/C6H6N4O2/c1-12-6-7-2-3-4(10-6)9-5(11)8-3/h2H,1H3,(H2,7,8,9,10,11). The third kappa shape index (κ3) is 0.931. The fourth-order valence-corrected chi connectivity index (χ4v) is 0.912. The fraction of sp³-hybridized carbons (Fsp3) is 0.167. The van der Waals surface area contributed by atoms with Gasteiger partial charge in [0.05, 0.1) is 13.3 Å². The number of ether oxygens (including phenoxy) is 1. The molecule has 62 valence electrons. The van der Waals surface area contributed by atoms with Crippen molar-refractivity contribution in [2.75, 3.05) is 7.11 Å². The Kier molecular flexibility index (Phi) is 1.33. The van der Waals surface area contributed by atoms with Crippen molar-refractivity contribution in [3.8, 4) is 6.01 Å². The Balaban J connectivity index is 2.74. The lowest BCUT2D eigenvalue weighted by molar-refractivity contribution is 0.381. The van der Waals surface area contributed by atoms with Crippen LogP contribution >= 0.6 is 0 Å². The van der Waals surface area contributed by atoms with Gasteiger partial charge in [0, 0.05) is 0 Å². The zero-order valence-corrected chi connectivity index (χ0v) is 6.29. The molecule has 0 aromatic carbocycles. The number of hydrogen-bond acceptors (Lipinski definition) is 4. The number of aromatic amines is 2. The smallest absolute Gasteiger partial charge is 0.325 e. The lowest BCUT2D eigenvalue weighted by Gasteiger charge is -1.93. The van der Waals surface area contributed by atoms with Crippen molar-refractivity contribution < 1.29 is 4.74 Å². The quantitative estimate of drug-likeness (QED) is 0.606. The highest BCUT2D eigenvalue weighted by atomic mass is 16.5. The van der Waals surface area contributed by atoms with Crippen LogP contribution in [0.5, 0.6) is 6.01 Å². The summed E-state index contributed by atoms with van der Waals surface area (Å²) in [6.07, 6.45) is 1.49. The minimum Gasteiger partial charge on any atom is -0.467 e. The number of methoxy groups -OCH3 is 1. The summed E-state index contributed by atoms with van der Waals surface area (Å²) in [5, 5.41) is 0. The molecule has 0 atom stereocenters. The summed E-state index contributed by atoms with van der Waals surface area (Å²) in [6, 6.07) is 0.234. The second-order valence-electron chi connectivity index (χ2n) is 2.20. The van der Waals surface area contributed by atoms with Crippen molar-refractivity contribution >= 4 is 11.2 Å². The van der Waals surface area contributed by atoms with Gasteiger partial charge in [0.25, 0.3) is 0 Å². The van der Waals surface area contributed by atoms with Crippen LogP contribution in [0.15, 0.2) is 11.0 Å². The van der Waals surface area contributed by atoms with Gasteiger partial charge in [-0.25, -0.2) is 9.78 Å². The minimum atomic E-state index is -0.299. The molecule has 0 saturated heterocycles. The van der Waals surface area contributed by atoms with E-state index in [0.29, 0.717) is 11.2 Å². The van der Waals surface area contributed by atoms with Gasteiger partial charge in [-0.15, -0.1) is 0 Å². The van der Waals surface area contributed by atoms with E-state index < -0.39 is 0 Å².